The Morgan fingerprint density at radius 3 is 2.57 bits per heavy atom. The second-order valence-corrected chi connectivity index (χ2v) is 5.66. The summed E-state index contributed by atoms with van der Waals surface area (Å²) in [5.41, 5.74) is -0.642. The number of aromatic nitrogens is 2. The van der Waals surface area contributed by atoms with E-state index in [1.54, 1.807) is 0 Å². The largest absolute Gasteiger partial charge is 0.433 e. The van der Waals surface area contributed by atoms with Gasteiger partial charge in [0.15, 0.2) is 0 Å². The van der Waals surface area contributed by atoms with Gasteiger partial charge in [0, 0.05) is 19.3 Å². The van der Waals surface area contributed by atoms with Crippen LogP contribution in [0.2, 0.25) is 0 Å². The van der Waals surface area contributed by atoms with E-state index in [4.69, 9.17) is 0 Å². The number of anilines is 1. The van der Waals surface area contributed by atoms with E-state index in [9.17, 15) is 13.2 Å². The number of alkyl halides is 3. The summed E-state index contributed by atoms with van der Waals surface area (Å²) in [6.45, 7) is 3.46. The summed E-state index contributed by atoms with van der Waals surface area (Å²) in [5.74, 6) is 0.204. The van der Waals surface area contributed by atoms with Gasteiger partial charge in [-0.3, -0.25) is 0 Å². The maximum Gasteiger partial charge on any atom is 0.433 e. The van der Waals surface area contributed by atoms with Gasteiger partial charge in [0.2, 0.25) is 5.95 Å². The summed E-state index contributed by atoms with van der Waals surface area (Å²) in [7, 11) is 0. The van der Waals surface area contributed by atoms with E-state index in [0.717, 1.165) is 51.5 Å². The first-order valence-electron chi connectivity index (χ1n) is 6.85. The van der Waals surface area contributed by atoms with Gasteiger partial charge in [0.1, 0.15) is 5.69 Å². The first-order valence-corrected chi connectivity index (χ1v) is 6.85. The Labute approximate surface area is 127 Å². The van der Waals surface area contributed by atoms with Crippen molar-refractivity contribution in [2.24, 2.45) is 5.41 Å². The van der Waals surface area contributed by atoms with Crippen LogP contribution in [0.15, 0.2) is 12.3 Å². The van der Waals surface area contributed by atoms with Crippen molar-refractivity contribution >= 4 is 18.4 Å². The molecule has 1 N–H and O–H groups in total. The Morgan fingerprint density at radius 1 is 1.19 bits per heavy atom. The number of rotatable bonds is 1. The van der Waals surface area contributed by atoms with E-state index in [1.165, 1.54) is 6.20 Å². The lowest BCUT2D eigenvalue weighted by molar-refractivity contribution is -0.141. The van der Waals surface area contributed by atoms with Gasteiger partial charge in [-0.1, -0.05) is 0 Å². The minimum absolute atomic E-state index is 0. The summed E-state index contributed by atoms with van der Waals surface area (Å²) in [5, 5.41) is 3.32. The number of nitrogens with zero attached hydrogens (tertiary/aromatic N) is 3. The second kappa shape index (κ2) is 5.96. The Kier molecular flexibility index (Phi) is 4.63. The van der Waals surface area contributed by atoms with Crippen LogP contribution < -0.4 is 10.2 Å². The fraction of sp³-hybridized carbons (Fsp3) is 0.692. The van der Waals surface area contributed by atoms with Crippen LogP contribution in [-0.4, -0.2) is 36.1 Å². The minimum atomic E-state index is -4.41. The molecule has 3 heterocycles. The molecule has 2 fully saturated rings. The lowest BCUT2D eigenvalue weighted by Gasteiger charge is -2.33. The molecular formula is C13H18ClF3N4. The standard InChI is InChI=1S/C13H17F3N4.ClH/c14-13(15,16)10-1-5-18-11(19-10)20-8-4-12(9-20)2-6-17-7-3-12;/h1,5,17H,2-4,6-9H2;1H. The third-order valence-electron chi connectivity index (χ3n) is 4.32. The molecule has 2 aliphatic rings. The van der Waals surface area contributed by atoms with Crippen LogP contribution in [0.1, 0.15) is 25.0 Å². The molecule has 0 amide bonds. The lowest BCUT2D eigenvalue weighted by atomic mass is 9.78. The monoisotopic (exact) mass is 322 g/mol. The lowest BCUT2D eigenvalue weighted by Crippen LogP contribution is -2.39. The molecule has 8 heteroatoms. The molecular weight excluding hydrogens is 305 g/mol. The average Bonchev–Trinajstić information content (AvgIpc) is 2.83. The van der Waals surface area contributed by atoms with Crippen LogP contribution in [0.5, 0.6) is 0 Å². The van der Waals surface area contributed by atoms with Gasteiger partial charge in [0.05, 0.1) is 0 Å². The molecule has 118 valence electrons. The van der Waals surface area contributed by atoms with E-state index >= 15 is 0 Å². The van der Waals surface area contributed by atoms with Gasteiger partial charge in [-0.2, -0.15) is 13.2 Å². The van der Waals surface area contributed by atoms with Crippen LogP contribution in [0.3, 0.4) is 0 Å². The molecule has 2 aliphatic heterocycles. The molecule has 0 bridgehead atoms. The average molecular weight is 323 g/mol. The van der Waals surface area contributed by atoms with Crippen molar-refractivity contribution in [3.8, 4) is 0 Å². The van der Waals surface area contributed by atoms with Gasteiger partial charge in [-0.15, -0.1) is 12.4 Å². The normalized spacial score (nSPS) is 21.4. The molecule has 4 nitrogen and oxygen atoms in total. The first-order chi connectivity index (χ1) is 9.49. The summed E-state index contributed by atoms with van der Waals surface area (Å²) in [6.07, 6.45) is -0.0678. The summed E-state index contributed by atoms with van der Waals surface area (Å²) < 4.78 is 38.1. The number of piperidine rings is 1. The van der Waals surface area contributed by atoms with Gasteiger partial charge in [-0.25, -0.2) is 9.97 Å². The molecule has 2 saturated heterocycles. The van der Waals surface area contributed by atoms with Gasteiger partial charge < -0.3 is 10.2 Å². The first kappa shape index (κ1) is 16.3. The predicted octanol–water partition coefficient (Wildman–Crippen LogP) is 2.50. The third kappa shape index (κ3) is 3.40. The van der Waals surface area contributed by atoms with Crippen LogP contribution >= 0.6 is 12.4 Å². The molecule has 1 aromatic rings. The quantitative estimate of drug-likeness (QED) is 0.862. The number of hydrogen-bond donors (Lipinski definition) is 1. The van der Waals surface area contributed by atoms with Crippen molar-refractivity contribution in [2.45, 2.75) is 25.4 Å². The van der Waals surface area contributed by atoms with Gasteiger partial charge >= 0.3 is 6.18 Å². The minimum Gasteiger partial charge on any atom is -0.340 e. The van der Waals surface area contributed by atoms with Crippen LogP contribution in [0, 0.1) is 5.41 Å². The van der Waals surface area contributed by atoms with E-state index in [1.807, 2.05) is 4.90 Å². The Balaban J connectivity index is 0.00000161. The number of hydrogen-bond acceptors (Lipinski definition) is 4. The molecule has 0 saturated carbocycles. The number of nitrogens with one attached hydrogen (secondary N) is 1. The zero-order valence-corrected chi connectivity index (χ0v) is 12.3. The van der Waals surface area contributed by atoms with Crippen molar-refractivity contribution in [3.05, 3.63) is 18.0 Å². The topological polar surface area (TPSA) is 41.1 Å². The zero-order chi connectivity index (χ0) is 14.2. The van der Waals surface area contributed by atoms with E-state index in [-0.39, 0.29) is 23.8 Å². The van der Waals surface area contributed by atoms with E-state index in [0.29, 0.717) is 0 Å². The van der Waals surface area contributed by atoms with Crippen molar-refractivity contribution in [1.29, 1.82) is 0 Å². The molecule has 0 unspecified atom stereocenters. The SMILES string of the molecule is Cl.FC(F)(F)c1ccnc(N2CCC3(CCNCC3)C2)n1. The zero-order valence-electron chi connectivity index (χ0n) is 11.5. The fourth-order valence-corrected chi connectivity index (χ4v) is 3.13. The Bertz CT molecular complexity index is 489. The van der Waals surface area contributed by atoms with Crippen LogP contribution in [0.4, 0.5) is 19.1 Å². The van der Waals surface area contributed by atoms with Crippen molar-refractivity contribution in [3.63, 3.8) is 0 Å². The molecule has 3 rings (SSSR count). The van der Waals surface area contributed by atoms with E-state index in [2.05, 4.69) is 15.3 Å². The highest BCUT2D eigenvalue weighted by Gasteiger charge is 2.40. The number of halogens is 4. The van der Waals surface area contributed by atoms with Crippen molar-refractivity contribution in [2.75, 3.05) is 31.1 Å². The Morgan fingerprint density at radius 2 is 1.90 bits per heavy atom. The molecule has 21 heavy (non-hydrogen) atoms. The molecule has 1 aromatic heterocycles. The van der Waals surface area contributed by atoms with Crippen molar-refractivity contribution in [1.82, 2.24) is 15.3 Å². The van der Waals surface area contributed by atoms with Gasteiger partial charge in [-0.05, 0) is 43.8 Å². The molecule has 0 aromatic carbocycles. The highest BCUT2D eigenvalue weighted by Crippen LogP contribution is 2.39. The molecule has 1 spiro atoms. The summed E-state index contributed by atoms with van der Waals surface area (Å²) >= 11 is 0. The maximum absolute atomic E-state index is 12.7. The molecule has 0 radical (unpaired) electrons. The highest BCUT2D eigenvalue weighted by molar-refractivity contribution is 5.85. The smallest absolute Gasteiger partial charge is 0.340 e. The van der Waals surface area contributed by atoms with Crippen LogP contribution in [0.25, 0.3) is 0 Å². The summed E-state index contributed by atoms with van der Waals surface area (Å²) in [4.78, 5) is 9.58. The second-order valence-electron chi connectivity index (χ2n) is 5.66. The third-order valence-corrected chi connectivity index (χ3v) is 4.32. The predicted molar refractivity (Wildman–Crippen MR) is 75.6 cm³/mol. The van der Waals surface area contributed by atoms with E-state index < -0.39 is 11.9 Å². The Hall–Kier alpha value is -1.08. The maximum atomic E-state index is 12.7. The van der Waals surface area contributed by atoms with Crippen LogP contribution in [-0.2, 0) is 6.18 Å². The van der Waals surface area contributed by atoms with Gasteiger partial charge in [0.25, 0.3) is 0 Å². The van der Waals surface area contributed by atoms with Crippen molar-refractivity contribution < 1.29 is 13.2 Å². The summed E-state index contributed by atoms with van der Waals surface area (Å²) in [6, 6.07) is 0.917. The fourth-order valence-electron chi connectivity index (χ4n) is 3.13. The molecule has 0 aliphatic carbocycles. The highest BCUT2D eigenvalue weighted by atomic mass is 35.5. The molecule has 0 atom stereocenters.